The van der Waals surface area contributed by atoms with Crippen LogP contribution in [-0.4, -0.2) is 37.4 Å². The van der Waals surface area contributed by atoms with Crippen LogP contribution < -0.4 is 10.9 Å². The Bertz CT molecular complexity index is 1320. The van der Waals surface area contributed by atoms with Gasteiger partial charge in [-0.1, -0.05) is 68.9 Å². The number of nitrogens with zero attached hydrogens (tertiary/aromatic N) is 4. The minimum atomic E-state index is -0.0666. The molecule has 4 rings (SSSR count). The van der Waals surface area contributed by atoms with Crippen molar-refractivity contribution in [3.05, 3.63) is 70.0 Å². The molecule has 0 bridgehead atoms. The zero-order valence-electron chi connectivity index (χ0n) is 19.2. The summed E-state index contributed by atoms with van der Waals surface area (Å²) in [6.07, 6.45) is 1.60. The molecule has 4 aromatic rings. The second kappa shape index (κ2) is 10.2. The maximum absolute atomic E-state index is 12.9. The molecular formula is C25H29N5O2S. The Kier molecular flexibility index (Phi) is 7.13. The molecule has 1 N–H and O–H groups in total. The van der Waals surface area contributed by atoms with E-state index in [9.17, 15) is 9.59 Å². The van der Waals surface area contributed by atoms with Crippen LogP contribution in [0.4, 0.5) is 0 Å². The summed E-state index contributed by atoms with van der Waals surface area (Å²) in [6, 6.07) is 16.0. The van der Waals surface area contributed by atoms with Crippen LogP contribution >= 0.6 is 11.8 Å². The molecule has 33 heavy (non-hydrogen) atoms. The molecule has 0 spiro atoms. The number of amides is 1. The van der Waals surface area contributed by atoms with Crippen LogP contribution in [0.15, 0.2) is 58.5 Å². The molecule has 0 saturated carbocycles. The Labute approximate surface area is 197 Å². The lowest BCUT2D eigenvalue weighted by Gasteiger charge is -2.10. The minimum Gasteiger partial charge on any atom is -0.355 e. The number of nitrogens with one attached hydrogen (secondary N) is 1. The average molecular weight is 464 g/mol. The van der Waals surface area contributed by atoms with Crippen molar-refractivity contribution in [2.75, 3.05) is 12.3 Å². The van der Waals surface area contributed by atoms with Gasteiger partial charge in [0.2, 0.25) is 11.7 Å². The monoisotopic (exact) mass is 463 g/mol. The Hall–Kier alpha value is -3.13. The van der Waals surface area contributed by atoms with Gasteiger partial charge in [-0.05, 0) is 42.0 Å². The van der Waals surface area contributed by atoms with Gasteiger partial charge in [-0.2, -0.15) is 0 Å². The van der Waals surface area contributed by atoms with Gasteiger partial charge in [-0.15, -0.1) is 10.2 Å². The first kappa shape index (κ1) is 23.0. The van der Waals surface area contributed by atoms with Crippen LogP contribution in [0.1, 0.15) is 44.2 Å². The van der Waals surface area contributed by atoms with Gasteiger partial charge in [0.1, 0.15) is 0 Å². The summed E-state index contributed by atoms with van der Waals surface area (Å²) < 4.78 is 3.53. The van der Waals surface area contributed by atoms with E-state index in [1.807, 2.05) is 35.6 Å². The van der Waals surface area contributed by atoms with Gasteiger partial charge in [0.05, 0.1) is 16.7 Å². The van der Waals surface area contributed by atoms with E-state index in [0.29, 0.717) is 35.3 Å². The standard InChI is InChI=1S/C25H29N5O2S/c1-4-15-29-23(32)20-7-5-6-8-21(20)30-24(29)27-28-25(30)33-16-22(31)26-14-13-18-9-11-19(12-10-18)17(2)3/h5-12,17H,4,13-16H2,1-3H3,(H,26,31). The van der Waals surface area contributed by atoms with E-state index < -0.39 is 0 Å². The number of para-hydroxylation sites is 1. The van der Waals surface area contributed by atoms with E-state index in [4.69, 9.17) is 0 Å². The topological polar surface area (TPSA) is 81.3 Å². The lowest BCUT2D eigenvalue weighted by molar-refractivity contribution is -0.118. The predicted molar refractivity (Wildman–Crippen MR) is 133 cm³/mol. The quantitative estimate of drug-likeness (QED) is 0.379. The number of aryl methyl sites for hydroxylation is 1. The number of hydrogen-bond acceptors (Lipinski definition) is 5. The van der Waals surface area contributed by atoms with Crippen molar-refractivity contribution in [1.82, 2.24) is 24.5 Å². The van der Waals surface area contributed by atoms with Crippen molar-refractivity contribution < 1.29 is 4.79 Å². The zero-order chi connectivity index (χ0) is 23.4. The molecular weight excluding hydrogens is 434 g/mol. The highest BCUT2D eigenvalue weighted by atomic mass is 32.2. The molecule has 0 aliphatic carbocycles. The van der Waals surface area contributed by atoms with E-state index >= 15 is 0 Å². The second-order valence-corrected chi connectivity index (χ2v) is 9.32. The van der Waals surface area contributed by atoms with E-state index in [1.165, 1.54) is 22.9 Å². The first-order valence-corrected chi connectivity index (χ1v) is 12.3. The number of carbonyl (C=O) groups excluding carboxylic acids is 1. The first-order chi connectivity index (χ1) is 16.0. The molecule has 0 radical (unpaired) electrons. The fourth-order valence-corrected chi connectivity index (χ4v) is 4.62. The third kappa shape index (κ3) is 4.95. The SMILES string of the molecule is CCCn1c(=O)c2ccccc2n2c(SCC(=O)NCCc3ccc(C(C)C)cc3)nnc12. The molecule has 0 fully saturated rings. The summed E-state index contributed by atoms with van der Waals surface area (Å²) in [4.78, 5) is 25.4. The average Bonchev–Trinajstić information content (AvgIpc) is 3.25. The van der Waals surface area contributed by atoms with Crippen LogP contribution in [-0.2, 0) is 17.8 Å². The molecule has 0 atom stereocenters. The van der Waals surface area contributed by atoms with Gasteiger partial charge in [-0.3, -0.25) is 18.6 Å². The molecule has 1 amide bonds. The highest BCUT2D eigenvalue weighted by Crippen LogP contribution is 2.21. The van der Waals surface area contributed by atoms with Gasteiger partial charge in [0, 0.05) is 13.1 Å². The normalized spacial score (nSPS) is 11.5. The molecule has 2 aromatic heterocycles. The fraction of sp³-hybridized carbons (Fsp3) is 0.360. The first-order valence-electron chi connectivity index (χ1n) is 11.3. The third-order valence-electron chi connectivity index (χ3n) is 5.64. The number of aromatic nitrogens is 4. The zero-order valence-corrected chi connectivity index (χ0v) is 20.1. The summed E-state index contributed by atoms with van der Waals surface area (Å²) in [5.74, 6) is 1.20. The lowest BCUT2D eigenvalue weighted by Crippen LogP contribution is -2.27. The predicted octanol–water partition coefficient (Wildman–Crippen LogP) is 4.03. The van der Waals surface area contributed by atoms with E-state index in [1.54, 1.807) is 4.57 Å². The lowest BCUT2D eigenvalue weighted by atomic mass is 10.0. The van der Waals surface area contributed by atoms with Crippen LogP contribution in [0.3, 0.4) is 0 Å². The summed E-state index contributed by atoms with van der Waals surface area (Å²) in [5.41, 5.74) is 3.21. The summed E-state index contributed by atoms with van der Waals surface area (Å²) in [6.45, 7) is 7.52. The van der Waals surface area contributed by atoms with E-state index in [0.717, 1.165) is 18.4 Å². The number of carbonyl (C=O) groups is 1. The largest absolute Gasteiger partial charge is 0.355 e. The summed E-state index contributed by atoms with van der Waals surface area (Å²) in [7, 11) is 0. The maximum atomic E-state index is 12.9. The van der Waals surface area contributed by atoms with Crippen molar-refractivity contribution in [1.29, 1.82) is 0 Å². The Morgan fingerprint density at radius 3 is 2.58 bits per heavy atom. The second-order valence-electron chi connectivity index (χ2n) is 8.38. The molecule has 0 aliphatic heterocycles. The molecule has 7 nitrogen and oxygen atoms in total. The van der Waals surface area contributed by atoms with Crippen LogP contribution in [0.5, 0.6) is 0 Å². The van der Waals surface area contributed by atoms with Crippen molar-refractivity contribution in [3.8, 4) is 0 Å². The molecule has 0 unspecified atom stereocenters. The summed E-state index contributed by atoms with van der Waals surface area (Å²) in [5, 5.41) is 12.8. The van der Waals surface area contributed by atoms with Crippen molar-refractivity contribution in [2.45, 2.75) is 51.2 Å². The Balaban J connectivity index is 1.44. The van der Waals surface area contributed by atoms with Gasteiger partial charge in [0.15, 0.2) is 5.16 Å². The third-order valence-corrected chi connectivity index (χ3v) is 6.57. The molecule has 8 heteroatoms. The molecule has 0 saturated heterocycles. The van der Waals surface area contributed by atoms with Gasteiger partial charge in [0.25, 0.3) is 5.56 Å². The van der Waals surface area contributed by atoms with Gasteiger partial charge >= 0.3 is 0 Å². The van der Waals surface area contributed by atoms with Crippen molar-refractivity contribution in [3.63, 3.8) is 0 Å². The highest BCUT2D eigenvalue weighted by Gasteiger charge is 2.17. The summed E-state index contributed by atoms with van der Waals surface area (Å²) >= 11 is 1.33. The molecule has 0 aliphatic rings. The number of fused-ring (bicyclic) bond motifs is 3. The number of benzene rings is 2. The number of hydrogen-bond donors (Lipinski definition) is 1. The Morgan fingerprint density at radius 2 is 1.85 bits per heavy atom. The molecule has 172 valence electrons. The maximum Gasteiger partial charge on any atom is 0.262 e. The minimum absolute atomic E-state index is 0.0539. The van der Waals surface area contributed by atoms with Crippen LogP contribution in [0.2, 0.25) is 0 Å². The molecule has 2 heterocycles. The fourth-order valence-electron chi connectivity index (χ4n) is 3.85. The van der Waals surface area contributed by atoms with Gasteiger partial charge < -0.3 is 5.32 Å². The van der Waals surface area contributed by atoms with Crippen LogP contribution in [0.25, 0.3) is 16.7 Å². The number of thioether (sulfide) groups is 1. The van der Waals surface area contributed by atoms with Gasteiger partial charge in [-0.25, -0.2) is 0 Å². The van der Waals surface area contributed by atoms with Crippen LogP contribution in [0, 0.1) is 0 Å². The van der Waals surface area contributed by atoms with E-state index in [2.05, 4.69) is 53.6 Å². The smallest absolute Gasteiger partial charge is 0.262 e. The van der Waals surface area contributed by atoms with E-state index in [-0.39, 0.29) is 17.2 Å². The van der Waals surface area contributed by atoms with Crippen molar-refractivity contribution in [2.24, 2.45) is 0 Å². The van der Waals surface area contributed by atoms with Crippen molar-refractivity contribution >= 4 is 34.3 Å². The Morgan fingerprint density at radius 1 is 1.09 bits per heavy atom. The highest BCUT2D eigenvalue weighted by molar-refractivity contribution is 7.99. The molecule has 2 aromatic carbocycles. The number of rotatable bonds is 9.